The second-order valence-corrected chi connectivity index (χ2v) is 6.33. The molecule has 0 bridgehead atoms. The molecule has 0 radical (unpaired) electrons. The Hall–Kier alpha value is -1.88. The molecule has 2 atom stereocenters. The molecule has 3 N–H and O–H groups in total. The normalized spacial score (nSPS) is 26.8. The molecule has 0 aromatic heterocycles. The average molecular weight is 290 g/mol. The molecule has 21 heavy (non-hydrogen) atoms. The third kappa shape index (κ3) is 2.53. The number of hydrogen-bond donors (Lipinski definition) is 2. The first kappa shape index (κ1) is 15.5. The molecule has 1 aromatic rings. The molecule has 2 amide bonds. The molecule has 5 nitrogen and oxygen atoms in total. The number of benzene rings is 1. The molecule has 1 fully saturated rings. The molecule has 114 valence electrons. The minimum Gasteiger partial charge on any atom is -0.378 e. The monoisotopic (exact) mass is 290 g/mol. The molecule has 1 aliphatic carbocycles. The second kappa shape index (κ2) is 5.15. The number of nitrogens with two attached hydrogens (primary N) is 1. The van der Waals surface area contributed by atoms with Crippen molar-refractivity contribution < 1.29 is 14.3 Å². The van der Waals surface area contributed by atoms with Gasteiger partial charge in [0.1, 0.15) is 0 Å². The van der Waals surface area contributed by atoms with Gasteiger partial charge < -0.3 is 15.8 Å². The highest BCUT2D eigenvalue weighted by atomic mass is 16.5. The number of ether oxygens (including phenoxy) is 1. The van der Waals surface area contributed by atoms with Gasteiger partial charge >= 0.3 is 0 Å². The minimum atomic E-state index is -0.502. The van der Waals surface area contributed by atoms with E-state index < -0.39 is 5.91 Å². The van der Waals surface area contributed by atoms with Crippen molar-refractivity contribution >= 4 is 11.8 Å². The Morgan fingerprint density at radius 1 is 1.19 bits per heavy atom. The first-order valence-electron chi connectivity index (χ1n) is 6.97. The molecule has 0 aliphatic heterocycles. The van der Waals surface area contributed by atoms with Crippen LogP contribution in [-0.4, -0.2) is 30.6 Å². The Kier molecular flexibility index (Phi) is 3.80. The third-order valence-corrected chi connectivity index (χ3v) is 5.02. The van der Waals surface area contributed by atoms with Crippen LogP contribution in [0.3, 0.4) is 0 Å². The van der Waals surface area contributed by atoms with Crippen LogP contribution in [-0.2, 0) is 4.74 Å². The van der Waals surface area contributed by atoms with E-state index in [0.717, 1.165) is 6.42 Å². The molecule has 0 heterocycles. The Balaban J connectivity index is 2.05. The Morgan fingerprint density at radius 3 is 2.14 bits per heavy atom. The third-order valence-electron chi connectivity index (χ3n) is 5.02. The maximum Gasteiger partial charge on any atom is 0.251 e. The van der Waals surface area contributed by atoms with E-state index in [0.29, 0.717) is 11.1 Å². The molecule has 1 saturated carbocycles. The molecular weight excluding hydrogens is 268 g/mol. The van der Waals surface area contributed by atoms with Gasteiger partial charge in [0.05, 0.1) is 5.60 Å². The predicted molar refractivity (Wildman–Crippen MR) is 80.0 cm³/mol. The number of carbonyl (C=O) groups is 2. The molecule has 0 unspecified atom stereocenters. The highest BCUT2D eigenvalue weighted by Crippen LogP contribution is 2.51. The van der Waals surface area contributed by atoms with E-state index in [1.807, 2.05) is 0 Å². The quantitative estimate of drug-likeness (QED) is 0.886. The van der Waals surface area contributed by atoms with Crippen molar-refractivity contribution in [2.24, 2.45) is 11.1 Å². The number of methoxy groups -OCH3 is 1. The van der Waals surface area contributed by atoms with E-state index in [-0.39, 0.29) is 23.0 Å². The summed E-state index contributed by atoms with van der Waals surface area (Å²) in [5, 5.41) is 3.03. The van der Waals surface area contributed by atoms with Crippen LogP contribution in [0.2, 0.25) is 0 Å². The zero-order chi connectivity index (χ0) is 15.8. The summed E-state index contributed by atoms with van der Waals surface area (Å²) in [6, 6.07) is 6.39. The van der Waals surface area contributed by atoms with E-state index in [4.69, 9.17) is 10.5 Å². The summed E-state index contributed by atoms with van der Waals surface area (Å²) in [6.45, 7) is 6.22. The van der Waals surface area contributed by atoms with Crippen LogP contribution in [0.15, 0.2) is 24.3 Å². The lowest BCUT2D eigenvalue weighted by Gasteiger charge is -2.59. The van der Waals surface area contributed by atoms with Gasteiger partial charge in [0.15, 0.2) is 0 Å². The fraction of sp³-hybridized carbons (Fsp3) is 0.500. The summed E-state index contributed by atoms with van der Waals surface area (Å²) in [7, 11) is 1.70. The maximum absolute atomic E-state index is 12.2. The minimum absolute atomic E-state index is 0.0609. The fourth-order valence-electron chi connectivity index (χ4n) is 2.75. The Labute approximate surface area is 124 Å². The van der Waals surface area contributed by atoms with Gasteiger partial charge in [-0.1, -0.05) is 13.8 Å². The van der Waals surface area contributed by atoms with E-state index >= 15 is 0 Å². The van der Waals surface area contributed by atoms with Crippen LogP contribution >= 0.6 is 0 Å². The van der Waals surface area contributed by atoms with E-state index in [2.05, 4.69) is 26.1 Å². The lowest BCUT2D eigenvalue weighted by Crippen LogP contribution is -2.68. The Bertz CT molecular complexity index is 565. The van der Waals surface area contributed by atoms with Crippen LogP contribution in [0.4, 0.5) is 0 Å². The highest BCUT2D eigenvalue weighted by molar-refractivity contribution is 5.97. The number of primary amides is 1. The van der Waals surface area contributed by atoms with Crippen molar-refractivity contribution in [2.75, 3.05) is 7.11 Å². The zero-order valence-electron chi connectivity index (χ0n) is 12.9. The van der Waals surface area contributed by atoms with Crippen LogP contribution < -0.4 is 11.1 Å². The molecule has 0 saturated heterocycles. The SMILES string of the molecule is CO[C@]1(C)C[C@@H](NC(=O)c2ccc(C(N)=O)cc2)C1(C)C. The molecule has 1 aromatic carbocycles. The molecule has 0 spiro atoms. The van der Waals surface area contributed by atoms with Gasteiger partial charge in [0.2, 0.25) is 5.91 Å². The topological polar surface area (TPSA) is 81.4 Å². The van der Waals surface area contributed by atoms with E-state index in [1.165, 1.54) is 0 Å². The number of carbonyl (C=O) groups excluding carboxylic acids is 2. The molecule has 2 rings (SSSR count). The summed E-state index contributed by atoms with van der Waals surface area (Å²) >= 11 is 0. The van der Waals surface area contributed by atoms with Gasteiger partial charge in [-0.3, -0.25) is 9.59 Å². The van der Waals surface area contributed by atoms with Gasteiger partial charge in [-0.15, -0.1) is 0 Å². The van der Waals surface area contributed by atoms with Crippen molar-refractivity contribution in [2.45, 2.75) is 38.8 Å². The van der Waals surface area contributed by atoms with Crippen molar-refractivity contribution in [3.63, 3.8) is 0 Å². The average Bonchev–Trinajstić information content (AvgIpc) is 2.46. The number of amides is 2. The van der Waals surface area contributed by atoms with Crippen molar-refractivity contribution in [1.29, 1.82) is 0 Å². The van der Waals surface area contributed by atoms with Gasteiger partial charge in [-0.05, 0) is 37.6 Å². The molecule has 5 heteroatoms. The number of rotatable bonds is 4. The van der Waals surface area contributed by atoms with Crippen molar-refractivity contribution in [1.82, 2.24) is 5.32 Å². The second-order valence-electron chi connectivity index (χ2n) is 6.33. The van der Waals surface area contributed by atoms with Crippen molar-refractivity contribution in [3.05, 3.63) is 35.4 Å². The predicted octanol–water partition coefficient (Wildman–Crippen LogP) is 1.72. The lowest BCUT2D eigenvalue weighted by molar-refractivity contribution is -0.177. The highest BCUT2D eigenvalue weighted by Gasteiger charge is 2.58. The summed E-state index contributed by atoms with van der Waals surface area (Å²) in [5.74, 6) is -0.653. The maximum atomic E-state index is 12.2. The first-order valence-corrected chi connectivity index (χ1v) is 6.97. The lowest BCUT2D eigenvalue weighted by atomic mass is 9.56. The fourth-order valence-corrected chi connectivity index (χ4v) is 2.75. The summed E-state index contributed by atoms with van der Waals surface area (Å²) in [5.41, 5.74) is 5.73. The summed E-state index contributed by atoms with van der Waals surface area (Å²) < 4.78 is 5.55. The summed E-state index contributed by atoms with van der Waals surface area (Å²) in [4.78, 5) is 23.3. The van der Waals surface area contributed by atoms with Gasteiger partial charge in [-0.2, -0.15) is 0 Å². The van der Waals surface area contributed by atoms with Crippen LogP contribution in [0, 0.1) is 5.41 Å². The van der Waals surface area contributed by atoms with Crippen LogP contribution in [0.5, 0.6) is 0 Å². The smallest absolute Gasteiger partial charge is 0.251 e. The van der Waals surface area contributed by atoms with Gasteiger partial charge in [-0.25, -0.2) is 0 Å². The van der Waals surface area contributed by atoms with Crippen molar-refractivity contribution in [3.8, 4) is 0 Å². The number of nitrogens with one attached hydrogen (secondary N) is 1. The largest absolute Gasteiger partial charge is 0.378 e. The van der Waals surface area contributed by atoms with E-state index in [1.54, 1.807) is 31.4 Å². The van der Waals surface area contributed by atoms with Gasteiger partial charge in [0, 0.05) is 29.7 Å². The van der Waals surface area contributed by atoms with Crippen LogP contribution in [0.25, 0.3) is 0 Å². The summed E-state index contributed by atoms with van der Waals surface area (Å²) in [6.07, 6.45) is 0.779. The number of hydrogen-bond acceptors (Lipinski definition) is 3. The standard InChI is InChI=1S/C16H22N2O3/c1-15(2)12(9-16(15,3)21-4)18-14(20)11-7-5-10(6-8-11)13(17)19/h5-8,12H,9H2,1-4H3,(H2,17,19)(H,18,20)/t12-,16-/m1/s1. The first-order chi connectivity index (χ1) is 9.71. The zero-order valence-corrected chi connectivity index (χ0v) is 12.9. The molecular formula is C16H22N2O3. The molecule has 1 aliphatic rings. The van der Waals surface area contributed by atoms with E-state index in [9.17, 15) is 9.59 Å². The van der Waals surface area contributed by atoms with Gasteiger partial charge in [0.25, 0.3) is 5.91 Å². The van der Waals surface area contributed by atoms with Crippen LogP contribution in [0.1, 0.15) is 47.9 Å². The Morgan fingerprint density at radius 2 is 1.71 bits per heavy atom.